The molecule has 2 atom stereocenters. The fourth-order valence-corrected chi connectivity index (χ4v) is 5.40. The number of carbonyl (C=O) groups is 1. The standard InChI is InChI=1S/C36H37N3O6/c1-36(2,3)43-35(40)45-39-20-19-31(32(22-39)42-23-25-13-14-26-9-7-8-12-29(26)21-25)27-15-17-30(18-16-27)41-24-33-37-34(38-44-33)28-10-5-4-6-11-28/h4-18,21,31-32H,19-20,22-24H2,1-3H3. The van der Waals surface area contributed by atoms with E-state index >= 15 is 0 Å². The van der Waals surface area contributed by atoms with Gasteiger partial charge in [-0.3, -0.25) is 0 Å². The molecule has 0 aliphatic carbocycles. The predicted octanol–water partition coefficient (Wildman–Crippen LogP) is 7.71. The van der Waals surface area contributed by atoms with Gasteiger partial charge in [0.1, 0.15) is 11.4 Å². The van der Waals surface area contributed by atoms with Crippen molar-refractivity contribution in [3.63, 3.8) is 0 Å². The monoisotopic (exact) mass is 607 g/mol. The maximum atomic E-state index is 12.4. The molecule has 45 heavy (non-hydrogen) atoms. The van der Waals surface area contributed by atoms with E-state index in [9.17, 15) is 4.79 Å². The number of aromatic nitrogens is 2. The quantitative estimate of drug-likeness (QED) is 0.156. The average molecular weight is 608 g/mol. The van der Waals surface area contributed by atoms with Crippen LogP contribution in [0, 0.1) is 0 Å². The minimum Gasteiger partial charge on any atom is -0.484 e. The number of hydroxylamine groups is 2. The Morgan fingerprint density at radius 1 is 0.911 bits per heavy atom. The van der Waals surface area contributed by atoms with Crippen molar-refractivity contribution in [1.29, 1.82) is 0 Å². The van der Waals surface area contributed by atoms with E-state index in [1.807, 2.05) is 75.4 Å². The molecular formula is C36H37N3O6. The molecule has 232 valence electrons. The van der Waals surface area contributed by atoms with Gasteiger partial charge in [-0.15, -0.1) is 5.06 Å². The van der Waals surface area contributed by atoms with Crippen molar-refractivity contribution in [3.05, 3.63) is 114 Å². The zero-order chi connectivity index (χ0) is 31.2. The summed E-state index contributed by atoms with van der Waals surface area (Å²) in [5.41, 5.74) is 2.44. The maximum Gasteiger partial charge on any atom is 0.528 e. The van der Waals surface area contributed by atoms with Crippen LogP contribution >= 0.6 is 0 Å². The van der Waals surface area contributed by atoms with Crippen LogP contribution in [-0.2, 0) is 27.5 Å². The highest BCUT2D eigenvalue weighted by molar-refractivity contribution is 5.82. The highest BCUT2D eigenvalue weighted by Gasteiger charge is 2.34. The number of rotatable bonds is 9. The van der Waals surface area contributed by atoms with E-state index < -0.39 is 11.8 Å². The Bertz CT molecular complexity index is 1710. The van der Waals surface area contributed by atoms with Crippen LogP contribution in [0.3, 0.4) is 0 Å². The summed E-state index contributed by atoms with van der Waals surface area (Å²) >= 11 is 0. The minimum absolute atomic E-state index is 0.0855. The van der Waals surface area contributed by atoms with E-state index in [2.05, 4.69) is 52.6 Å². The molecule has 0 bridgehead atoms. The molecule has 2 heterocycles. The Balaban J connectivity index is 1.12. The first-order chi connectivity index (χ1) is 21.8. The smallest absolute Gasteiger partial charge is 0.484 e. The highest BCUT2D eigenvalue weighted by Crippen LogP contribution is 2.33. The van der Waals surface area contributed by atoms with E-state index in [-0.39, 0.29) is 18.6 Å². The van der Waals surface area contributed by atoms with Crippen molar-refractivity contribution in [2.45, 2.75) is 58.0 Å². The molecule has 1 aliphatic heterocycles. The molecule has 0 saturated carbocycles. The van der Waals surface area contributed by atoms with Crippen molar-refractivity contribution < 1.29 is 28.4 Å². The lowest BCUT2D eigenvalue weighted by Crippen LogP contribution is -2.45. The second-order valence-corrected chi connectivity index (χ2v) is 12.1. The van der Waals surface area contributed by atoms with Crippen LogP contribution in [0.5, 0.6) is 5.75 Å². The molecule has 1 saturated heterocycles. The number of nitrogens with zero attached hydrogens (tertiary/aromatic N) is 3. The predicted molar refractivity (Wildman–Crippen MR) is 169 cm³/mol. The minimum atomic E-state index is -0.715. The number of ether oxygens (including phenoxy) is 3. The van der Waals surface area contributed by atoms with Crippen LogP contribution in [-0.4, -0.2) is 46.2 Å². The van der Waals surface area contributed by atoms with Crippen molar-refractivity contribution in [2.24, 2.45) is 0 Å². The third-order valence-electron chi connectivity index (χ3n) is 7.56. The average Bonchev–Trinajstić information content (AvgIpc) is 3.52. The Kier molecular flexibility index (Phi) is 9.09. The molecule has 0 radical (unpaired) electrons. The Hall–Kier alpha value is -4.73. The summed E-state index contributed by atoms with van der Waals surface area (Å²) in [6.07, 6.45) is -0.211. The van der Waals surface area contributed by atoms with E-state index in [0.717, 1.165) is 23.1 Å². The lowest BCUT2D eigenvalue weighted by atomic mass is 9.87. The molecule has 6 rings (SSSR count). The van der Waals surface area contributed by atoms with E-state index in [1.165, 1.54) is 10.8 Å². The van der Waals surface area contributed by atoms with Crippen LogP contribution in [0.2, 0.25) is 0 Å². The summed E-state index contributed by atoms with van der Waals surface area (Å²) in [6.45, 7) is 7.00. The fourth-order valence-electron chi connectivity index (χ4n) is 5.40. The van der Waals surface area contributed by atoms with E-state index in [0.29, 0.717) is 37.2 Å². The van der Waals surface area contributed by atoms with Crippen LogP contribution < -0.4 is 4.74 Å². The van der Waals surface area contributed by atoms with Gasteiger partial charge in [0.25, 0.3) is 5.89 Å². The number of hydrogen-bond acceptors (Lipinski definition) is 9. The molecule has 5 aromatic rings. The van der Waals surface area contributed by atoms with Gasteiger partial charge in [-0.25, -0.2) is 4.79 Å². The number of hydrogen-bond donors (Lipinski definition) is 0. The molecule has 1 aromatic heterocycles. The zero-order valence-electron chi connectivity index (χ0n) is 25.7. The second kappa shape index (κ2) is 13.5. The van der Waals surface area contributed by atoms with Gasteiger partial charge in [0.15, 0.2) is 6.61 Å². The number of piperidine rings is 1. The Morgan fingerprint density at radius 3 is 2.44 bits per heavy atom. The second-order valence-electron chi connectivity index (χ2n) is 12.1. The van der Waals surface area contributed by atoms with Crippen molar-refractivity contribution >= 4 is 16.9 Å². The molecule has 9 nitrogen and oxygen atoms in total. The number of benzene rings is 4. The van der Waals surface area contributed by atoms with Gasteiger partial charge in [-0.05, 0) is 67.3 Å². The number of carbonyl (C=O) groups excluding carboxylic acids is 1. The van der Waals surface area contributed by atoms with Gasteiger partial charge < -0.3 is 23.6 Å². The molecule has 1 aliphatic rings. The molecule has 0 amide bonds. The van der Waals surface area contributed by atoms with Crippen molar-refractivity contribution in [2.75, 3.05) is 13.1 Å². The SMILES string of the molecule is CC(C)(C)OC(=O)ON1CCC(c2ccc(OCc3nc(-c4ccccc4)no3)cc2)C(OCc2ccc3ccccc3c2)C1. The first kappa shape index (κ1) is 30.3. The summed E-state index contributed by atoms with van der Waals surface area (Å²) in [5, 5.41) is 8.05. The van der Waals surface area contributed by atoms with E-state index in [1.54, 1.807) is 5.06 Å². The van der Waals surface area contributed by atoms with Crippen molar-refractivity contribution in [3.8, 4) is 17.1 Å². The molecular weight excluding hydrogens is 570 g/mol. The molecule has 1 fully saturated rings. The third kappa shape index (κ3) is 8.06. The van der Waals surface area contributed by atoms with Gasteiger partial charge >= 0.3 is 6.16 Å². The zero-order valence-corrected chi connectivity index (χ0v) is 25.7. The number of fused-ring (bicyclic) bond motifs is 1. The third-order valence-corrected chi connectivity index (χ3v) is 7.56. The largest absolute Gasteiger partial charge is 0.528 e. The molecule has 0 spiro atoms. The van der Waals surface area contributed by atoms with Gasteiger partial charge in [0.05, 0.1) is 19.3 Å². The van der Waals surface area contributed by atoms with Gasteiger partial charge in [0, 0.05) is 18.0 Å². The Labute approximate surface area is 262 Å². The summed E-state index contributed by atoms with van der Waals surface area (Å²) in [4.78, 5) is 22.4. The first-order valence-electron chi connectivity index (χ1n) is 15.1. The molecule has 2 unspecified atom stereocenters. The lowest BCUT2D eigenvalue weighted by Gasteiger charge is -2.37. The fraction of sp³-hybridized carbons (Fsp3) is 0.306. The maximum absolute atomic E-state index is 12.4. The van der Waals surface area contributed by atoms with Gasteiger partial charge in [-0.2, -0.15) is 4.98 Å². The van der Waals surface area contributed by atoms with Crippen LogP contribution in [0.15, 0.2) is 102 Å². The summed E-state index contributed by atoms with van der Waals surface area (Å²) in [6, 6.07) is 32.3. The van der Waals surface area contributed by atoms with Crippen LogP contribution in [0.25, 0.3) is 22.2 Å². The topological polar surface area (TPSA) is 96.2 Å². The molecule has 9 heteroatoms. The highest BCUT2D eigenvalue weighted by atomic mass is 16.8. The van der Waals surface area contributed by atoms with Gasteiger partial charge in [0.2, 0.25) is 5.82 Å². The van der Waals surface area contributed by atoms with Crippen LogP contribution in [0.1, 0.15) is 50.1 Å². The van der Waals surface area contributed by atoms with E-state index in [4.69, 9.17) is 23.6 Å². The Morgan fingerprint density at radius 2 is 1.67 bits per heavy atom. The van der Waals surface area contributed by atoms with Crippen molar-refractivity contribution in [1.82, 2.24) is 15.2 Å². The summed E-state index contributed by atoms with van der Waals surface area (Å²) in [5.74, 6) is 1.71. The molecule has 4 aromatic carbocycles. The summed E-state index contributed by atoms with van der Waals surface area (Å²) in [7, 11) is 0. The van der Waals surface area contributed by atoms with Crippen LogP contribution in [0.4, 0.5) is 4.79 Å². The molecule has 0 N–H and O–H groups in total. The first-order valence-corrected chi connectivity index (χ1v) is 15.1. The summed E-state index contributed by atoms with van der Waals surface area (Å²) < 4.78 is 23.2. The lowest BCUT2D eigenvalue weighted by molar-refractivity contribution is -0.179. The van der Waals surface area contributed by atoms with Gasteiger partial charge in [-0.1, -0.05) is 84.0 Å². The normalized spacial score (nSPS) is 17.2.